The second-order valence-corrected chi connectivity index (χ2v) is 6.39. The van der Waals surface area contributed by atoms with Crippen molar-refractivity contribution in [2.24, 2.45) is 0 Å². The average molecular weight is 354 g/mol. The number of nitrogens with zero attached hydrogens (tertiary/aromatic N) is 1. The fourth-order valence-corrected chi connectivity index (χ4v) is 2.95. The summed E-state index contributed by atoms with van der Waals surface area (Å²) in [4.78, 5) is 13.8. The van der Waals surface area contributed by atoms with E-state index < -0.39 is 0 Å². The van der Waals surface area contributed by atoms with Crippen LogP contribution in [0.4, 0.5) is 5.69 Å². The van der Waals surface area contributed by atoms with Crippen molar-refractivity contribution in [2.75, 3.05) is 25.0 Å². The molecule has 0 unspecified atom stereocenters. The number of rotatable bonds is 8. The number of amides is 1. The third kappa shape index (κ3) is 5.00. The van der Waals surface area contributed by atoms with Crippen molar-refractivity contribution in [1.29, 1.82) is 0 Å². The first-order valence-corrected chi connectivity index (χ1v) is 8.40. The minimum absolute atomic E-state index is 0.0369. The van der Waals surface area contributed by atoms with E-state index in [0.29, 0.717) is 12.6 Å². The number of benzene rings is 1. The van der Waals surface area contributed by atoms with Gasteiger partial charge in [-0.2, -0.15) is 0 Å². The Morgan fingerprint density at radius 2 is 2.19 bits per heavy atom. The third-order valence-corrected chi connectivity index (χ3v) is 4.27. The van der Waals surface area contributed by atoms with Gasteiger partial charge in [0.1, 0.15) is 0 Å². The molecule has 116 valence electrons. The Labute approximate surface area is 135 Å². The number of likely N-dealkylation sites (N-methyl/N-ethyl adjacent to an activating group) is 1. The molecule has 21 heavy (non-hydrogen) atoms. The van der Waals surface area contributed by atoms with Crippen LogP contribution in [-0.2, 0) is 11.3 Å². The number of hydrogen-bond donors (Lipinski definition) is 2. The van der Waals surface area contributed by atoms with Gasteiger partial charge in [0, 0.05) is 30.7 Å². The van der Waals surface area contributed by atoms with E-state index in [4.69, 9.17) is 0 Å². The summed E-state index contributed by atoms with van der Waals surface area (Å²) >= 11 is 3.65. The van der Waals surface area contributed by atoms with Crippen molar-refractivity contribution in [1.82, 2.24) is 10.6 Å². The quantitative estimate of drug-likeness (QED) is 0.755. The minimum Gasteiger partial charge on any atom is -0.361 e. The summed E-state index contributed by atoms with van der Waals surface area (Å²) in [5.41, 5.74) is 2.35. The first-order chi connectivity index (χ1) is 10.1. The Bertz CT molecular complexity index is 488. The lowest BCUT2D eigenvalue weighted by molar-refractivity contribution is -0.119. The smallest absolute Gasteiger partial charge is 0.239 e. The van der Waals surface area contributed by atoms with Crippen LogP contribution in [-0.4, -0.2) is 32.1 Å². The minimum atomic E-state index is 0.0369. The van der Waals surface area contributed by atoms with Gasteiger partial charge >= 0.3 is 0 Å². The highest BCUT2D eigenvalue weighted by Gasteiger charge is 2.20. The van der Waals surface area contributed by atoms with E-state index in [0.717, 1.165) is 29.7 Å². The number of hydrogen-bond acceptors (Lipinski definition) is 3. The maximum absolute atomic E-state index is 11.7. The Kier molecular flexibility index (Phi) is 6.06. The molecule has 0 saturated heterocycles. The maximum atomic E-state index is 11.7. The van der Waals surface area contributed by atoms with Crippen molar-refractivity contribution < 1.29 is 4.79 Å². The topological polar surface area (TPSA) is 44.4 Å². The van der Waals surface area contributed by atoms with Crippen LogP contribution >= 0.6 is 15.9 Å². The molecule has 4 nitrogen and oxygen atoms in total. The van der Waals surface area contributed by atoms with Crippen LogP contribution in [0.2, 0.25) is 0 Å². The zero-order valence-electron chi connectivity index (χ0n) is 12.8. The molecule has 0 radical (unpaired) electrons. The second kappa shape index (κ2) is 7.80. The third-order valence-electron chi connectivity index (χ3n) is 3.63. The van der Waals surface area contributed by atoms with Crippen LogP contribution in [0, 0.1) is 0 Å². The summed E-state index contributed by atoms with van der Waals surface area (Å²) in [5, 5.41) is 6.20. The Balaban J connectivity index is 2.05. The molecule has 1 saturated carbocycles. The largest absolute Gasteiger partial charge is 0.361 e. The van der Waals surface area contributed by atoms with Gasteiger partial charge in [-0.1, -0.05) is 13.0 Å². The Morgan fingerprint density at radius 1 is 1.43 bits per heavy atom. The molecule has 2 N–H and O–H groups in total. The summed E-state index contributed by atoms with van der Waals surface area (Å²) in [6.45, 7) is 4.29. The standard InChI is InChI=1S/C16H24BrN3O/c1-3-8-20(11-16(21)18-2)15-7-4-12(9-14(15)17)10-19-13-5-6-13/h4,7,9,13,19H,3,5-6,8,10-11H2,1-2H3,(H,18,21). The van der Waals surface area contributed by atoms with Crippen LogP contribution in [0.25, 0.3) is 0 Å². The summed E-state index contributed by atoms with van der Waals surface area (Å²) < 4.78 is 1.05. The number of anilines is 1. The highest BCUT2D eigenvalue weighted by molar-refractivity contribution is 9.10. The highest BCUT2D eigenvalue weighted by atomic mass is 79.9. The predicted molar refractivity (Wildman–Crippen MR) is 90.6 cm³/mol. The molecule has 1 fully saturated rings. The average Bonchev–Trinajstić information content (AvgIpc) is 3.29. The van der Waals surface area contributed by atoms with Crippen LogP contribution in [0.5, 0.6) is 0 Å². The number of carbonyl (C=O) groups excluding carboxylic acids is 1. The SMILES string of the molecule is CCCN(CC(=O)NC)c1ccc(CNC2CC2)cc1Br. The van der Waals surface area contributed by atoms with Crippen molar-refractivity contribution in [3.63, 3.8) is 0 Å². The molecule has 0 heterocycles. The van der Waals surface area contributed by atoms with Crippen molar-refractivity contribution in [3.8, 4) is 0 Å². The van der Waals surface area contributed by atoms with Crippen LogP contribution < -0.4 is 15.5 Å². The van der Waals surface area contributed by atoms with Gasteiger partial charge in [0.25, 0.3) is 0 Å². The summed E-state index contributed by atoms with van der Waals surface area (Å²) in [7, 11) is 1.67. The lowest BCUT2D eigenvalue weighted by atomic mass is 10.2. The van der Waals surface area contributed by atoms with E-state index in [1.54, 1.807) is 7.05 Å². The molecule has 0 spiro atoms. The van der Waals surface area contributed by atoms with E-state index in [1.165, 1.54) is 18.4 Å². The molecule has 0 atom stereocenters. The predicted octanol–water partition coefficient (Wildman–Crippen LogP) is 2.66. The molecule has 2 rings (SSSR count). The van der Waals surface area contributed by atoms with Gasteiger partial charge < -0.3 is 15.5 Å². The molecule has 0 aliphatic heterocycles. The van der Waals surface area contributed by atoms with E-state index in [-0.39, 0.29) is 5.91 Å². The highest BCUT2D eigenvalue weighted by Crippen LogP contribution is 2.28. The van der Waals surface area contributed by atoms with E-state index >= 15 is 0 Å². The van der Waals surface area contributed by atoms with Crippen LogP contribution in [0.3, 0.4) is 0 Å². The van der Waals surface area contributed by atoms with E-state index in [2.05, 4.69) is 56.6 Å². The van der Waals surface area contributed by atoms with Gasteiger partial charge in [-0.15, -0.1) is 0 Å². The normalized spacial score (nSPS) is 14.0. The van der Waals surface area contributed by atoms with Gasteiger partial charge in [-0.25, -0.2) is 0 Å². The number of carbonyl (C=O) groups is 1. The molecular weight excluding hydrogens is 330 g/mol. The van der Waals surface area contributed by atoms with Gasteiger partial charge in [-0.05, 0) is 52.9 Å². The van der Waals surface area contributed by atoms with Gasteiger partial charge in [0.2, 0.25) is 5.91 Å². The summed E-state index contributed by atoms with van der Waals surface area (Å²) in [6, 6.07) is 7.11. The van der Waals surface area contributed by atoms with Gasteiger partial charge in [-0.3, -0.25) is 4.79 Å². The van der Waals surface area contributed by atoms with Gasteiger partial charge in [0.15, 0.2) is 0 Å². The first kappa shape index (κ1) is 16.3. The maximum Gasteiger partial charge on any atom is 0.239 e. The molecule has 0 bridgehead atoms. The zero-order valence-corrected chi connectivity index (χ0v) is 14.4. The molecule has 1 aliphatic rings. The molecule has 1 aromatic carbocycles. The fourth-order valence-electron chi connectivity index (χ4n) is 2.27. The van der Waals surface area contributed by atoms with Crippen LogP contribution in [0.15, 0.2) is 22.7 Å². The molecule has 5 heteroatoms. The molecule has 1 aliphatic carbocycles. The molecule has 1 amide bonds. The number of halogens is 1. The van der Waals surface area contributed by atoms with Gasteiger partial charge in [0.05, 0.1) is 12.2 Å². The van der Waals surface area contributed by atoms with Crippen LogP contribution in [0.1, 0.15) is 31.7 Å². The molecular formula is C16H24BrN3O. The lowest BCUT2D eigenvalue weighted by Crippen LogP contribution is -2.36. The zero-order chi connectivity index (χ0) is 15.2. The number of nitrogens with one attached hydrogen (secondary N) is 2. The molecule has 1 aromatic rings. The fraction of sp³-hybridized carbons (Fsp3) is 0.562. The Morgan fingerprint density at radius 3 is 2.76 bits per heavy atom. The molecule has 0 aromatic heterocycles. The van der Waals surface area contributed by atoms with E-state index in [9.17, 15) is 4.79 Å². The van der Waals surface area contributed by atoms with Crippen molar-refractivity contribution >= 4 is 27.5 Å². The van der Waals surface area contributed by atoms with E-state index in [1.807, 2.05) is 0 Å². The summed E-state index contributed by atoms with van der Waals surface area (Å²) in [6.07, 6.45) is 3.61. The second-order valence-electron chi connectivity index (χ2n) is 5.54. The first-order valence-electron chi connectivity index (χ1n) is 7.61. The summed E-state index contributed by atoms with van der Waals surface area (Å²) in [5.74, 6) is 0.0369. The van der Waals surface area contributed by atoms with Crippen molar-refractivity contribution in [3.05, 3.63) is 28.2 Å². The monoisotopic (exact) mass is 353 g/mol. The van der Waals surface area contributed by atoms with Crippen molar-refractivity contribution in [2.45, 2.75) is 38.8 Å². The lowest BCUT2D eigenvalue weighted by Gasteiger charge is -2.25. The Hall–Kier alpha value is -1.07.